The molecule has 0 amide bonds. The van der Waals surface area contributed by atoms with Crippen molar-refractivity contribution in [3.8, 4) is 0 Å². The van der Waals surface area contributed by atoms with Crippen LogP contribution < -0.4 is 5.32 Å². The summed E-state index contributed by atoms with van der Waals surface area (Å²) in [5, 5.41) is 3.26. The molecule has 2 heterocycles. The highest BCUT2D eigenvalue weighted by atomic mass is 79.9. The summed E-state index contributed by atoms with van der Waals surface area (Å²) in [4.78, 5) is 8.66. The number of hydrogen-bond acceptors (Lipinski definition) is 3. The van der Waals surface area contributed by atoms with Crippen molar-refractivity contribution in [2.75, 3.05) is 5.32 Å². The van der Waals surface area contributed by atoms with Gasteiger partial charge in [-0.05, 0) is 40.5 Å². The van der Waals surface area contributed by atoms with E-state index in [4.69, 9.17) is 0 Å². The summed E-state index contributed by atoms with van der Waals surface area (Å²) in [6, 6.07) is 6.44. The first-order valence-corrected chi connectivity index (χ1v) is 6.94. The molecule has 102 valence electrons. The smallest absolute Gasteiger partial charge is 0.180 e. The zero-order valence-corrected chi connectivity index (χ0v) is 12.3. The molecule has 1 atom stereocenters. The van der Waals surface area contributed by atoms with Crippen LogP contribution in [0, 0.1) is 5.82 Å². The fraction of sp³-hybridized carbons (Fsp3) is 0.143. The number of imidazole rings is 1. The summed E-state index contributed by atoms with van der Waals surface area (Å²) in [5.74, 6) is 0.408. The normalized spacial score (nSPS) is 12.6. The van der Waals surface area contributed by atoms with Crippen molar-refractivity contribution in [3.63, 3.8) is 0 Å². The molecule has 1 unspecified atom stereocenters. The van der Waals surface area contributed by atoms with Crippen LogP contribution in [0.2, 0.25) is 0 Å². The number of anilines is 1. The van der Waals surface area contributed by atoms with Crippen LogP contribution in [-0.2, 0) is 0 Å². The third-order valence-electron chi connectivity index (χ3n) is 3.05. The van der Waals surface area contributed by atoms with Crippen molar-refractivity contribution in [1.29, 1.82) is 0 Å². The molecule has 0 aliphatic heterocycles. The summed E-state index contributed by atoms with van der Waals surface area (Å²) >= 11 is 3.37. The largest absolute Gasteiger partial charge is 0.360 e. The Morgan fingerprint density at radius 1 is 1.40 bits per heavy atom. The van der Waals surface area contributed by atoms with E-state index >= 15 is 0 Å². The second kappa shape index (κ2) is 5.20. The van der Waals surface area contributed by atoms with Gasteiger partial charge in [0.1, 0.15) is 10.4 Å². The van der Waals surface area contributed by atoms with Gasteiger partial charge in [0.05, 0.1) is 6.04 Å². The van der Waals surface area contributed by atoms with Crippen LogP contribution in [0.3, 0.4) is 0 Å². The zero-order valence-electron chi connectivity index (χ0n) is 10.7. The van der Waals surface area contributed by atoms with Gasteiger partial charge in [-0.2, -0.15) is 0 Å². The number of nitrogens with one attached hydrogen (secondary N) is 1. The Balaban J connectivity index is 1.94. The lowest BCUT2D eigenvalue weighted by Crippen LogP contribution is -2.09. The van der Waals surface area contributed by atoms with E-state index < -0.39 is 0 Å². The maximum absolute atomic E-state index is 13.3. The predicted molar refractivity (Wildman–Crippen MR) is 79.1 cm³/mol. The summed E-state index contributed by atoms with van der Waals surface area (Å²) in [5.41, 5.74) is 1.59. The molecule has 0 saturated heterocycles. The Bertz CT molecular complexity index is 756. The first-order valence-electron chi connectivity index (χ1n) is 6.15. The summed E-state index contributed by atoms with van der Waals surface area (Å²) in [7, 11) is 0. The molecule has 1 N–H and O–H groups in total. The van der Waals surface area contributed by atoms with Gasteiger partial charge in [0, 0.05) is 18.6 Å². The average molecular weight is 335 g/mol. The van der Waals surface area contributed by atoms with Crippen LogP contribution >= 0.6 is 15.9 Å². The van der Waals surface area contributed by atoms with Gasteiger partial charge in [0.15, 0.2) is 11.5 Å². The lowest BCUT2D eigenvalue weighted by molar-refractivity contribution is 0.623. The third kappa shape index (κ3) is 2.51. The third-order valence-corrected chi connectivity index (χ3v) is 3.43. The molecule has 3 rings (SSSR count). The highest BCUT2D eigenvalue weighted by Crippen LogP contribution is 2.23. The van der Waals surface area contributed by atoms with E-state index in [9.17, 15) is 4.39 Å². The molecule has 0 radical (unpaired) electrons. The fourth-order valence-electron chi connectivity index (χ4n) is 2.06. The molecule has 20 heavy (non-hydrogen) atoms. The van der Waals surface area contributed by atoms with Crippen molar-refractivity contribution < 1.29 is 4.39 Å². The quantitative estimate of drug-likeness (QED) is 0.792. The Hall–Kier alpha value is -1.95. The van der Waals surface area contributed by atoms with Crippen LogP contribution in [0.4, 0.5) is 10.2 Å². The van der Waals surface area contributed by atoms with E-state index in [0.29, 0.717) is 10.4 Å². The van der Waals surface area contributed by atoms with Gasteiger partial charge in [0.25, 0.3) is 0 Å². The lowest BCUT2D eigenvalue weighted by atomic mass is 10.1. The van der Waals surface area contributed by atoms with Crippen molar-refractivity contribution in [2.24, 2.45) is 0 Å². The molecular formula is C14H12BrFN4. The van der Waals surface area contributed by atoms with Gasteiger partial charge >= 0.3 is 0 Å². The molecule has 4 nitrogen and oxygen atoms in total. The number of aromatic nitrogens is 3. The molecule has 0 aliphatic rings. The molecule has 6 heteroatoms. The van der Waals surface area contributed by atoms with E-state index in [0.717, 1.165) is 11.2 Å². The maximum Gasteiger partial charge on any atom is 0.180 e. The van der Waals surface area contributed by atoms with Crippen LogP contribution in [0.25, 0.3) is 5.65 Å². The second-order valence-corrected chi connectivity index (χ2v) is 5.30. The molecule has 1 aromatic carbocycles. The predicted octanol–water partition coefficient (Wildman–Crippen LogP) is 3.80. The molecule has 0 bridgehead atoms. The average Bonchev–Trinajstić information content (AvgIpc) is 2.86. The second-order valence-electron chi connectivity index (χ2n) is 4.49. The highest BCUT2D eigenvalue weighted by molar-refractivity contribution is 9.10. The molecule has 0 saturated carbocycles. The number of halogens is 2. The van der Waals surface area contributed by atoms with Crippen molar-refractivity contribution >= 4 is 27.4 Å². The van der Waals surface area contributed by atoms with Gasteiger partial charge in [-0.1, -0.05) is 12.1 Å². The zero-order chi connectivity index (χ0) is 14.1. The van der Waals surface area contributed by atoms with Gasteiger partial charge in [-0.15, -0.1) is 0 Å². The van der Waals surface area contributed by atoms with E-state index in [2.05, 4.69) is 31.2 Å². The summed E-state index contributed by atoms with van der Waals surface area (Å²) < 4.78 is 15.8. The Labute approximate surface area is 123 Å². The topological polar surface area (TPSA) is 42.2 Å². The minimum Gasteiger partial charge on any atom is -0.360 e. The van der Waals surface area contributed by atoms with Crippen molar-refractivity contribution in [3.05, 3.63) is 58.8 Å². The minimum atomic E-state index is -0.246. The van der Waals surface area contributed by atoms with Crippen LogP contribution in [0.15, 0.2) is 47.5 Å². The van der Waals surface area contributed by atoms with Gasteiger partial charge in [-0.25, -0.2) is 14.4 Å². The molecule has 2 aromatic heterocycles. The number of hydrogen-bond donors (Lipinski definition) is 1. The molecule has 0 spiro atoms. The van der Waals surface area contributed by atoms with E-state index in [1.807, 2.05) is 29.8 Å². The van der Waals surface area contributed by atoms with Crippen LogP contribution in [0.5, 0.6) is 0 Å². The van der Waals surface area contributed by atoms with Gasteiger partial charge in [0.2, 0.25) is 0 Å². The molecular weight excluding hydrogens is 323 g/mol. The van der Waals surface area contributed by atoms with E-state index in [1.165, 1.54) is 12.1 Å². The molecule has 0 aliphatic carbocycles. The molecule has 0 fully saturated rings. The number of nitrogens with zero attached hydrogens (tertiary/aromatic N) is 3. The van der Waals surface area contributed by atoms with Gasteiger partial charge in [-0.3, -0.25) is 0 Å². The Morgan fingerprint density at radius 2 is 2.25 bits per heavy atom. The monoisotopic (exact) mass is 334 g/mol. The first kappa shape index (κ1) is 13.1. The molecule has 3 aromatic rings. The highest BCUT2D eigenvalue weighted by Gasteiger charge is 2.11. The number of fused-ring (bicyclic) bond motifs is 1. The van der Waals surface area contributed by atoms with E-state index in [1.54, 1.807) is 12.3 Å². The SMILES string of the molecule is CC(Nc1nc(Br)cn2ccnc12)c1cccc(F)c1. The Kier molecular flexibility index (Phi) is 3.40. The number of benzene rings is 1. The fourth-order valence-corrected chi connectivity index (χ4v) is 2.46. The lowest BCUT2D eigenvalue weighted by Gasteiger charge is -2.15. The van der Waals surface area contributed by atoms with Crippen molar-refractivity contribution in [2.45, 2.75) is 13.0 Å². The maximum atomic E-state index is 13.3. The standard InChI is InChI=1S/C14H12BrFN4/c1-9(10-3-2-4-11(16)7-10)18-13-14-17-5-6-20(14)8-12(15)19-13/h2-9H,1H3,(H,18,19). The first-order chi connectivity index (χ1) is 9.63. The number of rotatable bonds is 3. The van der Waals surface area contributed by atoms with E-state index in [-0.39, 0.29) is 11.9 Å². The Morgan fingerprint density at radius 3 is 3.05 bits per heavy atom. The minimum absolute atomic E-state index is 0.0759. The summed E-state index contributed by atoms with van der Waals surface area (Å²) in [6.07, 6.45) is 5.39. The van der Waals surface area contributed by atoms with Crippen LogP contribution in [0.1, 0.15) is 18.5 Å². The van der Waals surface area contributed by atoms with Crippen molar-refractivity contribution in [1.82, 2.24) is 14.4 Å². The van der Waals surface area contributed by atoms with Crippen LogP contribution in [-0.4, -0.2) is 14.4 Å². The summed E-state index contributed by atoms with van der Waals surface area (Å²) in [6.45, 7) is 1.96. The van der Waals surface area contributed by atoms with Gasteiger partial charge < -0.3 is 9.72 Å².